The van der Waals surface area contributed by atoms with Crippen molar-refractivity contribution < 1.29 is 21.8 Å². The average molecular weight is 288 g/mol. The van der Waals surface area contributed by atoms with Gasteiger partial charge in [0.05, 0.1) is 0 Å². The van der Waals surface area contributed by atoms with Crippen molar-refractivity contribution in [3.8, 4) is 0 Å². The quantitative estimate of drug-likeness (QED) is 0.228. The van der Waals surface area contributed by atoms with E-state index in [2.05, 4.69) is 0 Å². The standard InChI is InChI=1S/C6H9Cl3N.BF4/c1-10(2)5-3-4-6(7,8)9;2-1(3,4)5/h3-5H,1-2H3;/q+1;-1/b4-3+;. The first-order valence-corrected chi connectivity index (χ1v) is 4.68. The van der Waals surface area contributed by atoms with E-state index in [1.807, 2.05) is 18.7 Å². The smallest absolute Gasteiger partial charge is 0.418 e. The number of hydrogen-bond acceptors (Lipinski definition) is 0. The van der Waals surface area contributed by atoms with Crippen LogP contribution in [0.5, 0.6) is 0 Å². The summed E-state index contributed by atoms with van der Waals surface area (Å²) >= 11 is 16.3. The summed E-state index contributed by atoms with van der Waals surface area (Å²) in [6, 6.07) is 0. The number of hydrogen-bond donors (Lipinski definition) is 0. The van der Waals surface area contributed by atoms with Crippen LogP contribution in [0.2, 0.25) is 0 Å². The van der Waals surface area contributed by atoms with E-state index in [1.54, 1.807) is 12.3 Å². The monoisotopic (exact) mass is 287 g/mol. The molecule has 0 N–H and O–H groups in total. The highest BCUT2D eigenvalue weighted by Gasteiger charge is 2.20. The molecule has 15 heavy (non-hydrogen) atoms. The molecule has 9 heteroatoms. The van der Waals surface area contributed by atoms with Gasteiger partial charge in [-0.15, -0.1) is 0 Å². The maximum absolute atomic E-state index is 9.75. The predicted octanol–water partition coefficient (Wildman–Crippen LogP) is 3.56. The minimum Gasteiger partial charge on any atom is -0.418 e. The SMILES string of the molecule is C[N+](C)=C/C=C/C(Cl)(Cl)Cl.F[B-](F)(F)F. The Hall–Kier alpha value is 0.0649. The lowest BCUT2D eigenvalue weighted by Crippen LogP contribution is -2.02. The van der Waals surface area contributed by atoms with Gasteiger partial charge in [0.1, 0.15) is 14.1 Å². The van der Waals surface area contributed by atoms with Crippen LogP contribution in [-0.2, 0) is 0 Å². The van der Waals surface area contributed by atoms with Gasteiger partial charge in [0.25, 0.3) is 0 Å². The molecule has 0 aromatic rings. The molecule has 0 aliphatic rings. The van der Waals surface area contributed by atoms with Crippen molar-refractivity contribution in [1.29, 1.82) is 0 Å². The van der Waals surface area contributed by atoms with Gasteiger partial charge in [-0.2, -0.15) is 0 Å². The van der Waals surface area contributed by atoms with Crippen LogP contribution in [0.25, 0.3) is 0 Å². The maximum atomic E-state index is 9.75. The van der Waals surface area contributed by atoms with Gasteiger partial charge in [-0.3, -0.25) is 0 Å². The second-order valence-electron chi connectivity index (χ2n) is 2.51. The van der Waals surface area contributed by atoms with Gasteiger partial charge in [-0.25, -0.2) is 4.58 Å². The fourth-order valence-corrected chi connectivity index (χ4v) is 0.542. The third-order valence-corrected chi connectivity index (χ3v) is 1.05. The van der Waals surface area contributed by atoms with Crippen LogP contribution < -0.4 is 0 Å². The van der Waals surface area contributed by atoms with Crippen molar-refractivity contribution in [3.63, 3.8) is 0 Å². The van der Waals surface area contributed by atoms with Crippen molar-refractivity contribution in [1.82, 2.24) is 0 Å². The molecule has 1 nitrogen and oxygen atoms in total. The largest absolute Gasteiger partial charge is 0.673 e. The number of allylic oxidation sites excluding steroid dienone is 2. The van der Waals surface area contributed by atoms with Crippen molar-refractivity contribution >= 4 is 48.3 Å². The van der Waals surface area contributed by atoms with E-state index in [-0.39, 0.29) is 0 Å². The molecule has 0 unspecified atom stereocenters. The third-order valence-electron chi connectivity index (χ3n) is 0.669. The van der Waals surface area contributed by atoms with Gasteiger partial charge in [0, 0.05) is 6.08 Å². The van der Waals surface area contributed by atoms with Crippen LogP contribution in [0.15, 0.2) is 12.2 Å². The summed E-state index contributed by atoms with van der Waals surface area (Å²) in [5, 5.41) is 0. The minimum absolute atomic E-state index is 1.29. The Morgan fingerprint density at radius 3 is 1.60 bits per heavy atom. The maximum Gasteiger partial charge on any atom is 0.673 e. The molecule has 0 bridgehead atoms. The zero-order chi connectivity index (χ0) is 12.7. The minimum atomic E-state index is -6.00. The van der Waals surface area contributed by atoms with Crippen LogP contribution >= 0.6 is 34.8 Å². The Morgan fingerprint density at radius 1 is 1.07 bits per heavy atom. The molecule has 0 heterocycles. The van der Waals surface area contributed by atoms with E-state index in [0.717, 1.165) is 0 Å². The van der Waals surface area contributed by atoms with Crippen LogP contribution in [0.4, 0.5) is 17.3 Å². The van der Waals surface area contributed by atoms with E-state index in [0.29, 0.717) is 0 Å². The molecule has 0 aromatic carbocycles. The van der Waals surface area contributed by atoms with Gasteiger partial charge < -0.3 is 17.3 Å². The number of rotatable bonds is 1. The first-order chi connectivity index (χ1) is 6.42. The lowest BCUT2D eigenvalue weighted by Gasteiger charge is -1.99. The van der Waals surface area contributed by atoms with Crippen molar-refractivity contribution in [2.75, 3.05) is 14.1 Å². The topological polar surface area (TPSA) is 3.01 Å². The Kier molecular flexibility index (Phi) is 8.56. The predicted molar refractivity (Wildman–Crippen MR) is 57.8 cm³/mol. The molecular weight excluding hydrogens is 279 g/mol. The van der Waals surface area contributed by atoms with E-state index >= 15 is 0 Å². The highest BCUT2D eigenvalue weighted by molar-refractivity contribution is 6.69. The molecule has 0 atom stereocenters. The molecule has 0 radical (unpaired) electrons. The number of nitrogens with zero attached hydrogens (tertiary/aromatic N) is 1. The second-order valence-corrected chi connectivity index (χ2v) is 4.88. The zero-order valence-corrected chi connectivity index (χ0v) is 10.2. The Balaban J connectivity index is 0. The molecule has 0 spiro atoms. The molecule has 0 fully saturated rings. The summed E-state index contributed by atoms with van der Waals surface area (Å²) in [6.45, 7) is 0. The van der Waals surface area contributed by atoms with Crippen molar-refractivity contribution in [3.05, 3.63) is 12.2 Å². The summed E-state index contributed by atoms with van der Waals surface area (Å²) in [5.74, 6) is 0. The van der Waals surface area contributed by atoms with Crippen molar-refractivity contribution in [2.24, 2.45) is 0 Å². The Bertz CT molecular complexity index is 224. The first kappa shape index (κ1) is 17.5. The molecule has 0 rings (SSSR count). The normalized spacial score (nSPS) is 12.1. The van der Waals surface area contributed by atoms with Gasteiger partial charge in [-0.05, 0) is 6.08 Å². The van der Waals surface area contributed by atoms with E-state index in [9.17, 15) is 17.3 Å². The Labute approximate surface area is 100 Å². The van der Waals surface area contributed by atoms with Gasteiger partial charge in [-0.1, -0.05) is 34.8 Å². The molecule has 0 aromatic heterocycles. The zero-order valence-electron chi connectivity index (χ0n) is 7.90. The number of halogens is 7. The van der Waals surface area contributed by atoms with E-state index < -0.39 is 11.0 Å². The van der Waals surface area contributed by atoms with Crippen molar-refractivity contribution in [2.45, 2.75) is 3.79 Å². The van der Waals surface area contributed by atoms with E-state index in [1.165, 1.54) is 6.08 Å². The van der Waals surface area contributed by atoms with E-state index in [4.69, 9.17) is 34.8 Å². The Morgan fingerprint density at radius 2 is 1.40 bits per heavy atom. The highest BCUT2D eigenvalue weighted by atomic mass is 35.6. The summed E-state index contributed by atoms with van der Waals surface area (Å²) in [6.07, 6.45) is 4.96. The second kappa shape index (κ2) is 7.36. The average Bonchev–Trinajstić information content (AvgIpc) is 1.77. The van der Waals surface area contributed by atoms with Gasteiger partial charge >= 0.3 is 7.25 Å². The molecular formula is C6H9BCl3F4N. The van der Waals surface area contributed by atoms with Gasteiger partial charge in [0.15, 0.2) is 6.21 Å². The third kappa shape index (κ3) is 41.0. The van der Waals surface area contributed by atoms with Crippen LogP contribution in [0.1, 0.15) is 0 Å². The summed E-state index contributed by atoms with van der Waals surface area (Å²) in [7, 11) is -2.22. The fourth-order valence-electron chi connectivity index (χ4n) is 0.324. The summed E-state index contributed by atoms with van der Waals surface area (Å²) in [4.78, 5) is 0. The fraction of sp³-hybridized carbons (Fsp3) is 0.500. The molecule has 0 saturated heterocycles. The highest BCUT2D eigenvalue weighted by Crippen LogP contribution is 2.26. The summed E-state index contributed by atoms with van der Waals surface area (Å²) in [5.41, 5.74) is 0. The van der Waals surface area contributed by atoms with Gasteiger partial charge in [0.2, 0.25) is 3.79 Å². The molecule has 0 aliphatic heterocycles. The molecule has 0 amide bonds. The van der Waals surface area contributed by atoms with Crippen LogP contribution in [0.3, 0.4) is 0 Å². The van der Waals surface area contributed by atoms with Crippen LogP contribution in [0, 0.1) is 0 Å². The summed E-state index contributed by atoms with van der Waals surface area (Å²) < 4.78 is 39.6. The first-order valence-electron chi connectivity index (χ1n) is 3.55. The molecule has 0 aliphatic carbocycles. The number of alkyl halides is 3. The molecule has 90 valence electrons. The van der Waals surface area contributed by atoms with Crippen LogP contribution in [-0.4, -0.2) is 35.9 Å². The molecule has 0 saturated carbocycles. The lowest BCUT2D eigenvalue weighted by molar-refractivity contribution is -0.458. The lowest BCUT2D eigenvalue weighted by atomic mass is 10.3.